The minimum atomic E-state index is -0.730. The summed E-state index contributed by atoms with van der Waals surface area (Å²) in [6, 6.07) is 18.9. The molecule has 0 bridgehead atoms. The van der Waals surface area contributed by atoms with Gasteiger partial charge < -0.3 is 15.1 Å². The third-order valence-electron chi connectivity index (χ3n) is 9.30. The summed E-state index contributed by atoms with van der Waals surface area (Å²) in [5.74, 6) is 0.566. The second-order valence-electron chi connectivity index (χ2n) is 12.5. The Kier molecular flexibility index (Phi) is 9.06. The molecule has 0 saturated carbocycles. The summed E-state index contributed by atoms with van der Waals surface area (Å²) in [5, 5.41) is 3.20. The van der Waals surface area contributed by atoms with Crippen molar-refractivity contribution in [3.8, 4) is 0 Å². The fourth-order valence-corrected chi connectivity index (χ4v) is 7.20. The van der Waals surface area contributed by atoms with E-state index in [4.69, 9.17) is 0 Å². The molecule has 5 nitrogen and oxygen atoms in total. The van der Waals surface area contributed by atoms with Crippen LogP contribution in [-0.4, -0.2) is 52.8 Å². The molecule has 1 spiro atoms. The van der Waals surface area contributed by atoms with Crippen molar-refractivity contribution >= 4 is 11.8 Å². The number of unbranched alkanes of at least 4 members (excludes halogenated alkanes) is 3. The fraction of sp³-hybridized carbons (Fsp3) is 0.588. The maximum atomic E-state index is 14.1. The summed E-state index contributed by atoms with van der Waals surface area (Å²) in [5.41, 5.74) is 3.30. The van der Waals surface area contributed by atoms with Gasteiger partial charge in [0, 0.05) is 13.1 Å². The number of fused-ring (bicyclic) bond motifs is 1. The number of carbonyl (C=O) groups excluding carboxylic acids is 2. The molecule has 2 atom stereocenters. The van der Waals surface area contributed by atoms with Gasteiger partial charge in [0.05, 0.1) is 6.04 Å². The molecular weight excluding hydrogens is 482 g/mol. The number of rotatable bonds is 10. The average Bonchev–Trinajstić information content (AvgIpc) is 2.95. The predicted octanol–water partition coefficient (Wildman–Crippen LogP) is 6.07. The quantitative estimate of drug-likeness (QED) is 0.380. The third-order valence-corrected chi connectivity index (χ3v) is 9.30. The lowest BCUT2D eigenvalue weighted by Crippen LogP contribution is -2.73. The lowest BCUT2D eigenvalue weighted by molar-refractivity contribution is -0.166. The first kappa shape index (κ1) is 27.9. The minimum Gasteiger partial charge on any atom is -0.342 e. The Labute approximate surface area is 235 Å². The van der Waals surface area contributed by atoms with E-state index >= 15 is 0 Å². The number of carbonyl (C=O) groups is 2. The fourth-order valence-electron chi connectivity index (χ4n) is 7.20. The van der Waals surface area contributed by atoms with E-state index in [9.17, 15) is 9.59 Å². The van der Waals surface area contributed by atoms with Gasteiger partial charge in [0.25, 0.3) is 0 Å². The molecule has 1 aliphatic carbocycles. The molecule has 2 aromatic rings. The smallest absolute Gasteiger partial charge is 0.246 e. The molecular formula is C34H47N3O2. The van der Waals surface area contributed by atoms with Crippen molar-refractivity contribution in [3.63, 3.8) is 0 Å². The Bertz CT molecular complexity index is 1110. The van der Waals surface area contributed by atoms with Gasteiger partial charge in [-0.15, -0.1) is 0 Å². The Morgan fingerprint density at radius 3 is 2.41 bits per heavy atom. The summed E-state index contributed by atoms with van der Waals surface area (Å²) in [6.45, 7) is 7.10. The number of hydrogen-bond donors (Lipinski definition) is 1. The van der Waals surface area contributed by atoms with Crippen molar-refractivity contribution in [2.45, 2.75) is 102 Å². The maximum Gasteiger partial charge on any atom is 0.246 e. The van der Waals surface area contributed by atoms with Crippen LogP contribution >= 0.6 is 0 Å². The third kappa shape index (κ3) is 6.24. The molecule has 2 amide bonds. The van der Waals surface area contributed by atoms with Crippen LogP contribution in [0.15, 0.2) is 54.6 Å². The van der Waals surface area contributed by atoms with Crippen LogP contribution in [0, 0.1) is 5.92 Å². The molecule has 2 fully saturated rings. The summed E-state index contributed by atoms with van der Waals surface area (Å²) in [7, 11) is 0. The first-order chi connectivity index (χ1) is 19.0. The van der Waals surface area contributed by atoms with Gasteiger partial charge in [-0.05, 0) is 86.9 Å². The minimum absolute atomic E-state index is 0.000623. The molecule has 2 saturated heterocycles. The second-order valence-corrected chi connectivity index (χ2v) is 12.5. The van der Waals surface area contributed by atoms with Crippen LogP contribution in [0.3, 0.4) is 0 Å². The molecule has 3 aliphatic rings. The van der Waals surface area contributed by atoms with Crippen molar-refractivity contribution in [3.05, 3.63) is 71.3 Å². The lowest BCUT2D eigenvalue weighted by atomic mass is 9.76. The van der Waals surface area contributed by atoms with E-state index in [0.717, 1.165) is 58.2 Å². The van der Waals surface area contributed by atoms with E-state index < -0.39 is 11.6 Å². The number of piperidine rings is 1. The molecule has 0 radical (unpaired) electrons. The SMILES string of the molecule is CC(C)C[C@@H]1NC(=O)C2(CCN(CCCCCCc3ccccc3)CC2)N(C2CCCc3ccccc32)C1=O. The van der Waals surface area contributed by atoms with Crippen molar-refractivity contribution in [2.24, 2.45) is 5.92 Å². The Balaban J connectivity index is 1.23. The molecule has 5 rings (SSSR count). The van der Waals surface area contributed by atoms with Gasteiger partial charge in [0.2, 0.25) is 11.8 Å². The summed E-state index contributed by atoms with van der Waals surface area (Å²) in [4.78, 5) is 32.7. The van der Waals surface area contributed by atoms with Crippen molar-refractivity contribution in [1.82, 2.24) is 15.1 Å². The molecule has 39 heavy (non-hydrogen) atoms. The van der Waals surface area contributed by atoms with Crippen molar-refractivity contribution in [1.29, 1.82) is 0 Å². The molecule has 0 aromatic heterocycles. The monoisotopic (exact) mass is 529 g/mol. The van der Waals surface area contributed by atoms with Crippen LogP contribution in [0.4, 0.5) is 0 Å². The summed E-state index contributed by atoms with van der Waals surface area (Å²) >= 11 is 0. The predicted molar refractivity (Wildman–Crippen MR) is 157 cm³/mol. The number of aryl methyl sites for hydroxylation is 2. The Morgan fingerprint density at radius 1 is 0.923 bits per heavy atom. The topological polar surface area (TPSA) is 52.7 Å². The average molecular weight is 530 g/mol. The number of likely N-dealkylation sites (tertiary alicyclic amines) is 1. The normalized spacial score (nSPS) is 23.2. The molecule has 5 heteroatoms. The molecule has 2 aliphatic heterocycles. The molecule has 1 N–H and O–H groups in total. The number of nitrogens with zero attached hydrogens (tertiary/aromatic N) is 2. The van der Waals surface area contributed by atoms with Gasteiger partial charge in [-0.1, -0.05) is 81.3 Å². The van der Waals surface area contributed by atoms with Gasteiger partial charge >= 0.3 is 0 Å². The van der Waals surface area contributed by atoms with Crippen LogP contribution in [0.25, 0.3) is 0 Å². The second kappa shape index (κ2) is 12.7. The highest BCUT2D eigenvalue weighted by Gasteiger charge is 2.56. The van der Waals surface area contributed by atoms with E-state index in [1.807, 2.05) is 0 Å². The van der Waals surface area contributed by atoms with Crippen LogP contribution in [0.2, 0.25) is 0 Å². The number of hydrogen-bond acceptors (Lipinski definition) is 3. The zero-order chi connectivity index (χ0) is 27.2. The molecule has 1 unspecified atom stereocenters. The van der Waals surface area contributed by atoms with Crippen LogP contribution in [0.5, 0.6) is 0 Å². The summed E-state index contributed by atoms with van der Waals surface area (Å²) in [6.07, 6.45) is 11.3. The van der Waals surface area contributed by atoms with Crippen LogP contribution in [-0.2, 0) is 22.4 Å². The zero-order valence-corrected chi connectivity index (χ0v) is 24.0. The van der Waals surface area contributed by atoms with E-state index in [-0.39, 0.29) is 17.9 Å². The highest BCUT2D eigenvalue weighted by Crippen LogP contribution is 2.44. The highest BCUT2D eigenvalue weighted by molar-refractivity contribution is 6.00. The van der Waals surface area contributed by atoms with E-state index in [1.54, 1.807) is 0 Å². The first-order valence-corrected chi connectivity index (χ1v) is 15.5. The first-order valence-electron chi connectivity index (χ1n) is 15.5. The maximum absolute atomic E-state index is 14.1. The number of piperazine rings is 1. The molecule has 2 aromatic carbocycles. The van der Waals surface area contributed by atoms with E-state index in [2.05, 4.69) is 83.6 Å². The van der Waals surface area contributed by atoms with E-state index in [1.165, 1.54) is 42.4 Å². The Morgan fingerprint density at radius 2 is 1.64 bits per heavy atom. The van der Waals surface area contributed by atoms with Crippen LogP contribution < -0.4 is 5.32 Å². The highest BCUT2D eigenvalue weighted by atomic mass is 16.2. The van der Waals surface area contributed by atoms with Gasteiger partial charge in [-0.25, -0.2) is 0 Å². The van der Waals surface area contributed by atoms with Gasteiger partial charge in [-0.2, -0.15) is 0 Å². The van der Waals surface area contributed by atoms with Gasteiger partial charge in [0.1, 0.15) is 11.6 Å². The number of amides is 2. The molecule has 2 heterocycles. The summed E-state index contributed by atoms with van der Waals surface area (Å²) < 4.78 is 0. The molecule has 210 valence electrons. The lowest BCUT2D eigenvalue weighted by Gasteiger charge is -2.55. The zero-order valence-electron chi connectivity index (χ0n) is 24.0. The Hall–Kier alpha value is -2.66. The number of nitrogens with one attached hydrogen (secondary N) is 1. The van der Waals surface area contributed by atoms with Gasteiger partial charge in [-0.3, -0.25) is 9.59 Å². The van der Waals surface area contributed by atoms with Gasteiger partial charge in [0.15, 0.2) is 0 Å². The largest absolute Gasteiger partial charge is 0.342 e. The van der Waals surface area contributed by atoms with E-state index in [0.29, 0.717) is 12.3 Å². The van der Waals surface area contributed by atoms with Crippen LogP contribution in [0.1, 0.15) is 94.4 Å². The standard InChI is InChI=1S/C34H47N3O2/c1-26(2)25-30-32(38)37(31-19-12-17-28-16-9-10-18-29(28)31)34(33(39)35-30)20-23-36(24-21-34)22-11-4-3-6-13-27-14-7-5-8-15-27/h5,7-10,14-16,18,26,30-31H,3-4,6,11-13,17,19-25H2,1-2H3,(H,35,39)/t30-,31?/m0/s1. The number of benzene rings is 2. The van der Waals surface area contributed by atoms with Crippen molar-refractivity contribution in [2.75, 3.05) is 19.6 Å². The van der Waals surface area contributed by atoms with Crippen molar-refractivity contribution < 1.29 is 9.59 Å².